The Labute approximate surface area is 299 Å². The third kappa shape index (κ3) is 3.70. The van der Waals surface area contributed by atoms with Crippen LogP contribution in [0.15, 0.2) is 173 Å². The van der Waals surface area contributed by atoms with Gasteiger partial charge in [-0.15, -0.1) is 0 Å². The molecule has 10 aromatic rings. The van der Waals surface area contributed by atoms with Gasteiger partial charge in [0.1, 0.15) is 22.3 Å². The van der Waals surface area contributed by atoms with Crippen molar-refractivity contribution in [3.05, 3.63) is 181 Å². The van der Waals surface area contributed by atoms with Crippen molar-refractivity contribution >= 4 is 72.2 Å². The van der Waals surface area contributed by atoms with Crippen molar-refractivity contribution in [3.63, 3.8) is 0 Å². The van der Waals surface area contributed by atoms with Crippen molar-refractivity contribution in [1.29, 1.82) is 0 Å². The number of para-hydroxylation sites is 5. The largest absolute Gasteiger partial charge is 0.456 e. The number of aromatic nitrogens is 1. The van der Waals surface area contributed by atoms with Gasteiger partial charge in [-0.2, -0.15) is 0 Å². The van der Waals surface area contributed by atoms with Crippen LogP contribution in [0.4, 0.5) is 11.4 Å². The number of anilines is 2. The summed E-state index contributed by atoms with van der Waals surface area (Å²) >= 11 is 0. The number of furan rings is 2. The fraction of sp³-hybridized carbons (Fsp3) is 0.0417. The summed E-state index contributed by atoms with van der Waals surface area (Å²) in [6.07, 6.45) is 4.77. The van der Waals surface area contributed by atoms with Crippen molar-refractivity contribution in [2.75, 3.05) is 4.90 Å². The lowest BCUT2D eigenvalue weighted by atomic mass is 9.86. The summed E-state index contributed by atoms with van der Waals surface area (Å²) in [4.78, 5) is 2.54. The smallest absolute Gasteiger partial charge is 0.143 e. The molecule has 0 fully saturated rings. The molecule has 4 heterocycles. The van der Waals surface area contributed by atoms with E-state index < -0.39 is 0 Å². The monoisotopic (exact) mass is 666 g/mol. The highest BCUT2D eigenvalue weighted by molar-refractivity contribution is 6.17. The van der Waals surface area contributed by atoms with Gasteiger partial charge in [-0.05, 0) is 59.7 Å². The summed E-state index contributed by atoms with van der Waals surface area (Å²) in [5.74, 6) is 0.213. The molecule has 0 saturated carbocycles. The van der Waals surface area contributed by atoms with Crippen LogP contribution in [0.3, 0.4) is 0 Å². The molecule has 12 rings (SSSR count). The van der Waals surface area contributed by atoms with Crippen LogP contribution in [-0.2, 0) is 0 Å². The second-order valence-electron chi connectivity index (χ2n) is 14.0. The van der Waals surface area contributed by atoms with E-state index >= 15 is 0 Å². The van der Waals surface area contributed by atoms with Gasteiger partial charge in [-0.25, -0.2) is 0 Å². The van der Waals surface area contributed by atoms with E-state index in [-0.39, 0.29) is 12.0 Å². The number of rotatable bonds is 3. The first-order valence-corrected chi connectivity index (χ1v) is 17.9. The van der Waals surface area contributed by atoms with Crippen LogP contribution in [0.2, 0.25) is 0 Å². The number of hydrogen-bond acceptors (Lipinski definition) is 3. The van der Waals surface area contributed by atoms with Gasteiger partial charge in [-0.3, -0.25) is 0 Å². The van der Waals surface area contributed by atoms with Crippen LogP contribution >= 0.6 is 0 Å². The van der Waals surface area contributed by atoms with E-state index in [0.717, 1.165) is 60.7 Å². The summed E-state index contributed by atoms with van der Waals surface area (Å²) in [6.45, 7) is 0. The predicted molar refractivity (Wildman–Crippen MR) is 213 cm³/mol. The normalized spacial score (nSPS) is 16.3. The Bertz CT molecular complexity index is 3100. The van der Waals surface area contributed by atoms with E-state index in [0.29, 0.717) is 0 Å². The van der Waals surface area contributed by atoms with Crippen molar-refractivity contribution in [2.24, 2.45) is 0 Å². The lowest BCUT2D eigenvalue weighted by molar-refractivity contribution is 0.635. The molecule has 1 aliphatic carbocycles. The molecule has 0 bridgehead atoms. The van der Waals surface area contributed by atoms with Gasteiger partial charge >= 0.3 is 0 Å². The molecule has 4 heteroatoms. The summed E-state index contributed by atoms with van der Waals surface area (Å²) in [5.41, 5.74) is 14.3. The van der Waals surface area contributed by atoms with Gasteiger partial charge in [0.25, 0.3) is 0 Å². The molecule has 0 N–H and O–H groups in total. The van der Waals surface area contributed by atoms with Gasteiger partial charge in [0.05, 0.1) is 17.3 Å². The maximum atomic E-state index is 6.74. The average Bonchev–Trinajstić information content (AvgIpc) is 3.95. The van der Waals surface area contributed by atoms with Crippen molar-refractivity contribution in [3.8, 4) is 16.8 Å². The van der Waals surface area contributed by atoms with E-state index in [2.05, 4.69) is 167 Å². The minimum absolute atomic E-state index is 0.0782. The van der Waals surface area contributed by atoms with Crippen LogP contribution in [-0.4, -0.2) is 4.57 Å². The molecule has 2 atom stereocenters. The zero-order valence-electron chi connectivity index (χ0n) is 28.0. The Morgan fingerprint density at radius 1 is 0.500 bits per heavy atom. The van der Waals surface area contributed by atoms with E-state index in [1.165, 1.54) is 39.1 Å². The third-order valence-electron chi connectivity index (χ3n) is 11.3. The standard InChI is InChI=1S/C48H30N2O2/c1-2-12-29(13-3-1)49-40-20-7-4-14-31(40)35-26-27-36-32-15-5-8-21-41(32)50(47(36)46(35)49)30-24-25-39-44(28-30)51-43-23-11-17-34(45(39)43)38-19-10-18-37-33-16-6-9-22-42(33)52-48(37)38/h1-28,35,46H. The van der Waals surface area contributed by atoms with Crippen molar-refractivity contribution in [2.45, 2.75) is 12.0 Å². The zero-order chi connectivity index (χ0) is 33.9. The number of nitrogens with zero attached hydrogens (tertiary/aromatic N) is 2. The molecule has 244 valence electrons. The predicted octanol–water partition coefficient (Wildman–Crippen LogP) is 13.1. The second kappa shape index (κ2) is 10.4. The molecule has 0 saturated heterocycles. The molecule has 52 heavy (non-hydrogen) atoms. The fourth-order valence-corrected chi connectivity index (χ4v) is 9.23. The fourth-order valence-electron chi connectivity index (χ4n) is 9.23. The van der Waals surface area contributed by atoms with Crippen LogP contribution < -0.4 is 4.90 Å². The Hall–Kier alpha value is -6.78. The topological polar surface area (TPSA) is 34.5 Å². The van der Waals surface area contributed by atoms with Gasteiger partial charge < -0.3 is 18.3 Å². The summed E-state index contributed by atoms with van der Waals surface area (Å²) in [7, 11) is 0. The molecule has 7 aromatic carbocycles. The molecule has 4 nitrogen and oxygen atoms in total. The van der Waals surface area contributed by atoms with Gasteiger partial charge in [0.2, 0.25) is 0 Å². The van der Waals surface area contributed by atoms with Crippen LogP contribution in [0.5, 0.6) is 0 Å². The van der Waals surface area contributed by atoms with Crippen LogP contribution in [0.1, 0.15) is 28.8 Å². The summed E-state index contributed by atoms with van der Waals surface area (Å²) in [6, 6.07) is 56.4. The Kier molecular flexibility index (Phi) is 5.58. The maximum Gasteiger partial charge on any atom is 0.143 e. The number of hydrogen-bond donors (Lipinski definition) is 0. The molecular formula is C48H30N2O2. The molecule has 0 spiro atoms. The summed E-state index contributed by atoms with van der Waals surface area (Å²) < 4.78 is 15.7. The number of benzene rings is 7. The molecule has 1 aliphatic heterocycles. The maximum absolute atomic E-state index is 6.74. The highest BCUT2D eigenvalue weighted by Gasteiger charge is 2.44. The zero-order valence-corrected chi connectivity index (χ0v) is 28.0. The first-order chi connectivity index (χ1) is 25.8. The van der Waals surface area contributed by atoms with Gasteiger partial charge in [-0.1, -0.05) is 115 Å². The lowest BCUT2D eigenvalue weighted by Gasteiger charge is -2.33. The minimum Gasteiger partial charge on any atom is -0.456 e. The quantitative estimate of drug-likeness (QED) is 0.188. The lowest BCUT2D eigenvalue weighted by Crippen LogP contribution is -2.26. The van der Waals surface area contributed by atoms with E-state index in [4.69, 9.17) is 8.83 Å². The first-order valence-electron chi connectivity index (χ1n) is 17.9. The van der Waals surface area contributed by atoms with Crippen LogP contribution in [0.25, 0.3) is 77.7 Å². The Balaban J connectivity index is 1.09. The van der Waals surface area contributed by atoms with E-state index in [1.807, 2.05) is 12.1 Å². The molecule has 3 aromatic heterocycles. The SMILES string of the molecule is C1=CC2c3ccccc3N(c3ccccc3)C2c2c1c1ccccc1n2-c1ccc2c(c1)oc1cccc(-c3cccc4c3oc3ccccc34)c12. The molecule has 0 radical (unpaired) electrons. The molecular weight excluding hydrogens is 637 g/mol. The Morgan fingerprint density at radius 2 is 1.25 bits per heavy atom. The van der Waals surface area contributed by atoms with Crippen molar-refractivity contribution in [1.82, 2.24) is 4.57 Å². The highest BCUT2D eigenvalue weighted by Crippen LogP contribution is 2.57. The Morgan fingerprint density at radius 3 is 2.19 bits per heavy atom. The van der Waals surface area contributed by atoms with Crippen molar-refractivity contribution < 1.29 is 8.83 Å². The average molecular weight is 667 g/mol. The second-order valence-corrected chi connectivity index (χ2v) is 14.0. The van der Waals surface area contributed by atoms with E-state index in [9.17, 15) is 0 Å². The third-order valence-corrected chi connectivity index (χ3v) is 11.3. The molecule has 2 aliphatic rings. The minimum atomic E-state index is 0.0782. The van der Waals surface area contributed by atoms with Gasteiger partial charge in [0, 0.05) is 67.1 Å². The molecule has 0 amide bonds. The van der Waals surface area contributed by atoms with Gasteiger partial charge in [0.15, 0.2) is 0 Å². The number of fused-ring (bicyclic) bond motifs is 13. The van der Waals surface area contributed by atoms with Crippen LogP contribution in [0, 0.1) is 0 Å². The first kappa shape index (κ1) is 28.0. The summed E-state index contributed by atoms with van der Waals surface area (Å²) in [5, 5.41) is 5.69. The highest BCUT2D eigenvalue weighted by atomic mass is 16.3. The molecule has 2 unspecified atom stereocenters. The van der Waals surface area contributed by atoms with E-state index in [1.54, 1.807) is 0 Å².